The van der Waals surface area contributed by atoms with Gasteiger partial charge in [-0.15, -0.1) is 0 Å². The zero-order valence-electron chi connectivity index (χ0n) is 36.6. The molecule has 0 fully saturated rings. The molecule has 7 aromatic rings. The first-order valence-electron chi connectivity index (χ1n) is 21.1. The summed E-state index contributed by atoms with van der Waals surface area (Å²) in [4.78, 5) is 0. The molecule has 318 valence electrons. The first kappa shape index (κ1) is 43.2. The van der Waals surface area contributed by atoms with Crippen LogP contribution in [0, 0.1) is 48.5 Å². The Hall–Kier alpha value is -6.86. The van der Waals surface area contributed by atoms with Crippen molar-refractivity contribution in [2.45, 2.75) is 87.0 Å². The van der Waals surface area contributed by atoms with Gasteiger partial charge >= 0.3 is 0 Å². The van der Waals surface area contributed by atoms with E-state index in [9.17, 15) is 35.7 Å². The molecule has 0 aliphatic carbocycles. The summed E-state index contributed by atoms with van der Waals surface area (Å²) in [6, 6.07) is 30.0. The van der Waals surface area contributed by atoms with Crippen molar-refractivity contribution >= 4 is 0 Å². The van der Waals surface area contributed by atoms with E-state index in [1.165, 1.54) is 0 Å². The Bertz CT molecular complexity index is 2660. The average molecular weight is 829 g/mol. The molecule has 0 unspecified atom stereocenters. The van der Waals surface area contributed by atoms with Crippen molar-refractivity contribution in [1.29, 1.82) is 0 Å². The normalized spacial score (nSPS) is 11.3. The molecule has 0 atom stereocenters. The molecule has 7 heteroatoms. The van der Waals surface area contributed by atoms with Crippen LogP contribution in [0.3, 0.4) is 0 Å². The molecule has 0 amide bonds. The van der Waals surface area contributed by atoms with Gasteiger partial charge in [0, 0.05) is 38.5 Å². The summed E-state index contributed by atoms with van der Waals surface area (Å²) in [5.41, 5.74) is 14.7. The number of phenols is 7. The summed E-state index contributed by atoms with van der Waals surface area (Å²) >= 11 is 0. The first-order chi connectivity index (χ1) is 29.4. The van der Waals surface area contributed by atoms with E-state index in [-0.39, 0.29) is 65.9 Å². The molecule has 0 aromatic heterocycles. The minimum absolute atomic E-state index is 0.0845. The van der Waals surface area contributed by atoms with Crippen LogP contribution in [0.15, 0.2) is 97.1 Å². The number of hydrogen-bond acceptors (Lipinski definition) is 7. The molecule has 62 heavy (non-hydrogen) atoms. The lowest BCUT2D eigenvalue weighted by molar-refractivity contribution is 0.452. The molecule has 0 heterocycles. The van der Waals surface area contributed by atoms with Gasteiger partial charge in [-0.25, -0.2) is 0 Å². The Morgan fingerprint density at radius 3 is 0.581 bits per heavy atom. The molecule has 7 rings (SSSR count). The van der Waals surface area contributed by atoms with Crippen LogP contribution in [0.25, 0.3) is 0 Å². The molecule has 0 aliphatic heterocycles. The Morgan fingerprint density at radius 2 is 0.387 bits per heavy atom. The minimum Gasteiger partial charge on any atom is -0.508 e. The van der Waals surface area contributed by atoms with E-state index in [0.717, 1.165) is 50.1 Å². The molecule has 0 saturated carbocycles. The van der Waals surface area contributed by atoms with Gasteiger partial charge in [0.2, 0.25) is 0 Å². The van der Waals surface area contributed by atoms with Crippen molar-refractivity contribution in [3.05, 3.63) is 203 Å². The monoisotopic (exact) mass is 828 g/mol. The van der Waals surface area contributed by atoms with E-state index >= 15 is 0 Å². The average Bonchev–Trinajstić information content (AvgIpc) is 3.20. The third-order valence-corrected chi connectivity index (χ3v) is 11.8. The summed E-state index contributed by atoms with van der Waals surface area (Å²) in [5, 5.41) is 79.3. The van der Waals surface area contributed by atoms with Crippen LogP contribution >= 0.6 is 0 Å². The molecule has 0 radical (unpaired) electrons. The van der Waals surface area contributed by atoms with Gasteiger partial charge in [-0.05, 0) is 127 Å². The minimum atomic E-state index is 0.0845. The van der Waals surface area contributed by atoms with Crippen LogP contribution in [-0.2, 0) is 38.5 Å². The summed E-state index contributed by atoms with van der Waals surface area (Å²) in [6.45, 7) is 13.7. The van der Waals surface area contributed by atoms with E-state index in [0.29, 0.717) is 68.5 Å². The predicted octanol–water partition coefficient (Wildman–Crippen LogP) is 11.3. The van der Waals surface area contributed by atoms with Crippen LogP contribution in [0.2, 0.25) is 0 Å². The van der Waals surface area contributed by atoms with E-state index in [1.807, 2.05) is 133 Å². The van der Waals surface area contributed by atoms with Gasteiger partial charge in [-0.2, -0.15) is 0 Å². The van der Waals surface area contributed by atoms with Crippen LogP contribution in [-0.4, -0.2) is 35.7 Å². The third kappa shape index (κ3) is 9.53. The zero-order valence-corrected chi connectivity index (χ0v) is 36.6. The fourth-order valence-electron chi connectivity index (χ4n) is 8.96. The number of rotatable bonds is 12. The molecule has 0 aliphatic rings. The van der Waals surface area contributed by atoms with Gasteiger partial charge in [0.15, 0.2) is 0 Å². The van der Waals surface area contributed by atoms with Crippen LogP contribution in [0.4, 0.5) is 0 Å². The fraction of sp³-hybridized carbons (Fsp3) is 0.236. The number of aryl methyl sites for hydroxylation is 7. The van der Waals surface area contributed by atoms with Crippen LogP contribution < -0.4 is 0 Å². The van der Waals surface area contributed by atoms with Gasteiger partial charge in [-0.3, -0.25) is 0 Å². The highest BCUT2D eigenvalue weighted by molar-refractivity contribution is 5.57. The maximum absolute atomic E-state index is 11.8. The number of benzene rings is 7. The van der Waals surface area contributed by atoms with Gasteiger partial charge in [0.1, 0.15) is 40.2 Å². The summed E-state index contributed by atoms with van der Waals surface area (Å²) in [7, 11) is 0. The standard InChI is InChI=1S/C55H56O7/c1-30-8-10-49(56)37(12-30)24-39-14-32(3)16-41(51(39)58)26-43-18-34(5)20-45(53(43)60)28-47-22-36(7)23-48(55(47)62)29-46-21-35(6)19-44(54(46)61)27-42-17-33(4)15-40(52(42)59)25-38-13-31(2)9-11-50(38)57/h8-23,56-62H,24-29H2,1-7H3. The van der Waals surface area contributed by atoms with Crippen molar-refractivity contribution in [2.75, 3.05) is 0 Å². The molecule has 7 N–H and O–H groups in total. The lowest BCUT2D eigenvalue weighted by atomic mass is 9.90. The summed E-state index contributed by atoms with van der Waals surface area (Å²) in [5.74, 6) is 0.874. The maximum Gasteiger partial charge on any atom is 0.122 e. The molecule has 0 saturated heterocycles. The second-order valence-electron chi connectivity index (χ2n) is 17.5. The van der Waals surface area contributed by atoms with Gasteiger partial charge in [0.25, 0.3) is 0 Å². The van der Waals surface area contributed by atoms with Crippen LogP contribution in [0.5, 0.6) is 40.2 Å². The molecule has 0 spiro atoms. The van der Waals surface area contributed by atoms with E-state index in [1.54, 1.807) is 12.1 Å². The van der Waals surface area contributed by atoms with E-state index < -0.39 is 0 Å². The van der Waals surface area contributed by atoms with Crippen molar-refractivity contribution in [3.63, 3.8) is 0 Å². The maximum atomic E-state index is 11.8. The molecule has 0 bridgehead atoms. The highest BCUT2D eigenvalue weighted by Crippen LogP contribution is 2.39. The van der Waals surface area contributed by atoms with Gasteiger partial charge in [0.05, 0.1) is 0 Å². The SMILES string of the molecule is Cc1ccc(O)c(Cc2cc(C)cc(Cc3cc(C)cc(Cc4cc(C)cc(Cc5cc(C)cc(Cc6cc(C)cc(Cc7cc(C)ccc7O)c6O)c5O)c4O)c3O)c2O)c1. The Kier molecular flexibility index (Phi) is 12.3. The van der Waals surface area contributed by atoms with Crippen molar-refractivity contribution in [3.8, 4) is 40.2 Å². The van der Waals surface area contributed by atoms with E-state index in [4.69, 9.17) is 0 Å². The topological polar surface area (TPSA) is 142 Å². The first-order valence-corrected chi connectivity index (χ1v) is 21.1. The fourth-order valence-corrected chi connectivity index (χ4v) is 8.96. The Labute approximate surface area is 364 Å². The number of phenolic OH excluding ortho intramolecular Hbond substituents is 7. The molecular weight excluding hydrogens is 773 g/mol. The Morgan fingerprint density at radius 1 is 0.226 bits per heavy atom. The lowest BCUT2D eigenvalue weighted by Crippen LogP contribution is -2.01. The highest BCUT2D eigenvalue weighted by atomic mass is 16.3. The van der Waals surface area contributed by atoms with Crippen molar-refractivity contribution < 1.29 is 35.7 Å². The number of aromatic hydroxyl groups is 7. The number of hydrogen-bond donors (Lipinski definition) is 7. The van der Waals surface area contributed by atoms with E-state index in [2.05, 4.69) is 0 Å². The third-order valence-electron chi connectivity index (χ3n) is 11.8. The largest absolute Gasteiger partial charge is 0.508 e. The molecule has 7 aromatic carbocycles. The van der Waals surface area contributed by atoms with Gasteiger partial charge in [-0.1, -0.05) is 124 Å². The van der Waals surface area contributed by atoms with Crippen LogP contribution in [0.1, 0.15) is 106 Å². The summed E-state index contributed by atoms with van der Waals surface area (Å²) in [6.07, 6.45) is 1.76. The predicted molar refractivity (Wildman–Crippen MR) is 247 cm³/mol. The van der Waals surface area contributed by atoms with Crippen molar-refractivity contribution in [1.82, 2.24) is 0 Å². The van der Waals surface area contributed by atoms with Crippen molar-refractivity contribution in [2.24, 2.45) is 0 Å². The zero-order chi connectivity index (χ0) is 44.6. The Balaban J connectivity index is 1.15. The molecule has 7 nitrogen and oxygen atoms in total. The second kappa shape index (κ2) is 17.6. The smallest absolute Gasteiger partial charge is 0.122 e. The molecular formula is C55H56O7. The quantitative estimate of drug-likeness (QED) is 0.0650. The second-order valence-corrected chi connectivity index (χ2v) is 17.5. The van der Waals surface area contributed by atoms with Gasteiger partial charge < -0.3 is 35.7 Å². The summed E-state index contributed by atoms with van der Waals surface area (Å²) < 4.78 is 0. The lowest BCUT2D eigenvalue weighted by Gasteiger charge is -2.18. The highest BCUT2D eigenvalue weighted by Gasteiger charge is 2.20.